The Morgan fingerprint density at radius 1 is 1.17 bits per heavy atom. The van der Waals surface area contributed by atoms with Crippen LogP contribution in [0, 0.1) is 29.4 Å². The second kappa shape index (κ2) is 4.61. The van der Waals surface area contributed by atoms with Crippen LogP contribution >= 0.6 is 0 Å². The third kappa shape index (κ3) is 2.05. The van der Waals surface area contributed by atoms with Crippen molar-refractivity contribution in [1.82, 2.24) is 0 Å². The molecule has 3 rings (SSSR count). The van der Waals surface area contributed by atoms with E-state index in [1.807, 2.05) is 0 Å². The fourth-order valence-corrected chi connectivity index (χ4v) is 3.78. The lowest BCUT2D eigenvalue weighted by Gasteiger charge is -2.12. The number of hydrogen-bond donors (Lipinski definition) is 1. The van der Waals surface area contributed by atoms with Gasteiger partial charge in [0.2, 0.25) is 0 Å². The minimum absolute atomic E-state index is 0.0191. The minimum atomic E-state index is -0.770. The standard InChI is InChI=1S/C15H19F2N/c16-12-7-3-4-9(15(12)17)8-13(18)14-10-5-1-2-6-11(10)14/h3-4,7,10-11,13-14H,1-2,5-6,8,18H2. The number of benzene rings is 1. The van der Waals surface area contributed by atoms with E-state index in [-0.39, 0.29) is 6.04 Å². The molecular weight excluding hydrogens is 232 g/mol. The molecule has 1 nitrogen and oxygen atoms in total. The number of rotatable bonds is 3. The summed E-state index contributed by atoms with van der Waals surface area (Å²) in [5.41, 5.74) is 6.62. The summed E-state index contributed by atoms with van der Waals surface area (Å²) >= 11 is 0. The number of hydrogen-bond acceptors (Lipinski definition) is 1. The normalized spacial score (nSPS) is 31.8. The van der Waals surface area contributed by atoms with E-state index in [4.69, 9.17) is 5.73 Å². The topological polar surface area (TPSA) is 26.0 Å². The maximum Gasteiger partial charge on any atom is 0.162 e. The molecule has 3 heteroatoms. The zero-order valence-electron chi connectivity index (χ0n) is 10.4. The Hall–Kier alpha value is -0.960. The van der Waals surface area contributed by atoms with E-state index < -0.39 is 11.6 Å². The first-order chi connectivity index (χ1) is 8.68. The fourth-order valence-electron chi connectivity index (χ4n) is 3.78. The van der Waals surface area contributed by atoms with Gasteiger partial charge in [-0.05, 0) is 48.6 Å². The zero-order chi connectivity index (χ0) is 12.7. The second-order valence-electron chi connectivity index (χ2n) is 5.77. The van der Waals surface area contributed by atoms with Gasteiger partial charge in [-0.25, -0.2) is 8.78 Å². The molecule has 0 heterocycles. The average molecular weight is 251 g/mol. The molecule has 2 fully saturated rings. The molecule has 98 valence electrons. The van der Waals surface area contributed by atoms with Crippen molar-refractivity contribution in [3.63, 3.8) is 0 Å². The van der Waals surface area contributed by atoms with Crippen LogP contribution in [-0.4, -0.2) is 6.04 Å². The van der Waals surface area contributed by atoms with Gasteiger partial charge >= 0.3 is 0 Å². The van der Waals surface area contributed by atoms with Gasteiger partial charge in [0.05, 0.1) is 0 Å². The van der Waals surface area contributed by atoms with Crippen LogP contribution in [0.25, 0.3) is 0 Å². The van der Waals surface area contributed by atoms with Gasteiger partial charge in [0.1, 0.15) is 0 Å². The van der Waals surface area contributed by atoms with Crippen molar-refractivity contribution in [2.45, 2.75) is 38.1 Å². The predicted molar refractivity (Wildman–Crippen MR) is 67.0 cm³/mol. The van der Waals surface area contributed by atoms with E-state index >= 15 is 0 Å². The molecule has 2 saturated carbocycles. The third-order valence-corrected chi connectivity index (χ3v) is 4.70. The van der Waals surface area contributed by atoms with Crippen LogP contribution in [0.15, 0.2) is 18.2 Å². The van der Waals surface area contributed by atoms with Crippen molar-refractivity contribution in [2.75, 3.05) is 0 Å². The summed E-state index contributed by atoms with van der Waals surface area (Å²) in [6.45, 7) is 0. The van der Waals surface area contributed by atoms with Gasteiger partial charge in [-0.1, -0.05) is 25.0 Å². The highest BCUT2D eigenvalue weighted by Gasteiger charge is 2.52. The van der Waals surface area contributed by atoms with Gasteiger partial charge in [-0.2, -0.15) is 0 Å². The Morgan fingerprint density at radius 2 is 1.83 bits per heavy atom. The summed E-state index contributed by atoms with van der Waals surface area (Å²) in [4.78, 5) is 0. The smallest absolute Gasteiger partial charge is 0.162 e. The molecule has 2 aliphatic carbocycles. The van der Waals surface area contributed by atoms with Crippen molar-refractivity contribution in [3.8, 4) is 0 Å². The van der Waals surface area contributed by atoms with Gasteiger partial charge in [-0.3, -0.25) is 0 Å². The first kappa shape index (κ1) is 12.1. The van der Waals surface area contributed by atoms with Crippen molar-refractivity contribution in [3.05, 3.63) is 35.4 Å². The molecule has 2 N–H and O–H groups in total. The lowest BCUT2D eigenvalue weighted by molar-refractivity contribution is 0.478. The third-order valence-electron chi connectivity index (χ3n) is 4.70. The molecule has 0 saturated heterocycles. The summed E-state index contributed by atoms with van der Waals surface area (Å²) in [6, 6.07) is 4.33. The highest BCUT2D eigenvalue weighted by molar-refractivity contribution is 5.21. The molecule has 3 unspecified atom stereocenters. The molecule has 0 aliphatic heterocycles. The van der Waals surface area contributed by atoms with Gasteiger partial charge < -0.3 is 5.73 Å². The Balaban J connectivity index is 1.68. The van der Waals surface area contributed by atoms with Crippen molar-refractivity contribution < 1.29 is 8.78 Å². The Labute approximate surface area is 106 Å². The quantitative estimate of drug-likeness (QED) is 0.876. The molecule has 0 radical (unpaired) electrons. The molecule has 0 spiro atoms. The van der Waals surface area contributed by atoms with Crippen LogP contribution in [0.2, 0.25) is 0 Å². The monoisotopic (exact) mass is 251 g/mol. The van der Waals surface area contributed by atoms with Crippen LogP contribution < -0.4 is 5.73 Å². The lowest BCUT2D eigenvalue weighted by atomic mass is 10.0. The summed E-state index contributed by atoms with van der Waals surface area (Å²) < 4.78 is 26.7. The Bertz CT molecular complexity index is 434. The van der Waals surface area contributed by atoms with E-state index in [0.29, 0.717) is 17.9 Å². The summed E-state index contributed by atoms with van der Waals surface area (Å²) in [6.07, 6.45) is 5.61. The van der Waals surface area contributed by atoms with E-state index in [1.54, 1.807) is 12.1 Å². The predicted octanol–water partition coefficient (Wildman–Crippen LogP) is 3.27. The second-order valence-corrected chi connectivity index (χ2v) is 5.77. The molecule has 3 atom stereocenters. The molecular formula is C15H19F2N. The van der Waals surface area contributed by atoms with Gasteiger partial charge in [0.15, 0.2) is 11.6 Å². The number of halogens is 2. The number of fused-ring (bicyclic) bond motifs is 1. The molecule has 18 heavy (non-hydrogen) atoms. The van der Waals surface area contributed by atoms with Crippen LogP contribution in [0.4, 0.5) is 8.78 Å². The van der Waals surface area contributed by atoms with E-state index in [9.17, 15) is 8.78 Å². The van der Waals surface area contributed by atoms with Crippen LogP contribution in [0.3, 0.4) is 0 Å². The van der Waals surface area contributed by atoms with Gasteiger partial charge in [-0.15, -0.1) is 0 Å². The molecule has 1 aromatic carbocycles. The van der Waals surface area contributed by atoms with Crippen molar-refractivity contribution in [1.29, 1.82) is 0 Å². The highest BCUT2D eigenvalue weighted by atomic mass is 19.2. The van der Waals surface area contributed by atoms with E-state index in [0.717, 1.165) is 17.9 Å². The molecule has 0 amide bonds. The lowest BCUT2D eigenvalue weighted by Crippen LogP contribution is -2.27. The summed E-state index contributed by atoms with van der Waals surface area (Å²) in [7, 11) is 0. The molecule has 1 aromatic rings. The maximum absolute atomic E-state index is 13.6. The Kier molecular flexibility index (Phi) is 3.10. The van der Waals surface area contributed by atoms with Crippen LogP contribution in [0.5, 0.6) is 0 Å². The largest absolute Gasteiger partial charge is 0.327 e. The van der Waals surface area contributed by atoms with Crippen molar-refractivity contribution >= 4 is 0 Å². The van der Waals surface area contributed by atoms with E-state index in [1.165, 1.54) is 25.7 Å². The van der Waals surface area contributed by atoms with Crippen molar-refractivity contribution in [2.24, 2.45) is 23.5 Å². The van der Waals surface area contributed by atoms with Gasteiger partial charge in [0, 0.05) is 6.04 Å². The average Bonchev–Trinajstić information content (AvgIpc) is 3.09. The Morgan fingerprint density at radius 3 is 2.50 bits per heavy atom. The summed E-state index contributed by atoms with van der Waals surface area (Å²) in [5, 5.41) is 0. The molecule has 0 aromatic heterocycles. The van der Waals surface area contributed by atoms with E-state index in [2.05, 4.69) is 0 Å². The van der Waals surface area contributed by atoms with Gasteiger partial charge in [0.25, 0.3) is 0 Å². The first-order valence-corrected chi connectivity index (χ1v) is 6.87. The summed E-state index contributed by atoms with van der Waals surface area (Å²) in [5.74, 6) is 0.551. The fraction of sp³-hybridized carbons (Fsp3) is 0.600. The van der Waals surface area contributed by atoms with Crippen LogP contribution in [0.1, 0.15) is 31.2 Å². The van der Waals surface area contributed by atoms with Crippen LogP contribution in [-0.2, 0) is 6.42 Å². The number of nitrogens with two attached hydrogens (primary N) is 1. The SMILES string of the molecule is NC(Cc1cccc(F)c1F)C1C2CCCCC21. The molecule has 2 aliphatic rings. The minimum Gasteiger partial charge on any atom is -0.327 e. The molecule has 0 bridgehead atoms. The zero-order valence-corrected chi connectivity index (χ0v) is 10.4. The maximum atomic E-state index is 13.6. The highest BCUT2D eigenvalue weighted by Crippen LogP contribution is 2.56. The first-order valence-electron chi connectivity index (χ1n) is 6.87.